The lowest BCUT2D eigenvalue weighted by atomic mass is 10.1. The number of carbonyl (C=O) groups excluding carboxylic acids is 1. The number of nitrogens with two attached hydrogens (primary N) is 1. The van der Waals surface area contributed by atoms with E-state index in [2.05, 4.69) is 5.32 Å². The molecule has 1 aromatic carbocycles. The van der Waals surface area contributed by atoms with E-state index < -0.39 is 0 Å². The highest BCUT2D eigenvalue weighted by molar-refractivity contribution is 5.94. The van der Waals surface area contributed by atoms with Crippen molar-refractivity contribution in [3.63, 3.8) is 0 Å². The molecule has 4 heteroatoms. The summed E-state index contributed by atoms with van der Waals surface area (Å²) in [4.78, 5) is 11.9. The number of aromatic hydroxyl groups is 1. The summed E-state index contributed by atoms with van der Waals surface area (Å²) in [5.41, 5.74) is 7.11. The van der Waals surface area contributed by atoms with Gasteiger partial charge in [-0.15, -0.1) is 0 Å². The van der Waals surface area contributed by atoms with Gasteiger partial charge in [-0.2, -0.15) is 0 Å². The molecule has 1 aliphatic carbocycles. The number of nitrogens with one attached hydrogen (secondary N) is 1. The Morgan fingerprint density at radius 1 is 1.50 bits per heavy atom. The second-order valence-corrected chi connectivity index (χ2v) is 5.15. The van der Waals surface area contributed by atoms with Crippen molar-refractivity contribution in [1.82, 2.24) is 5.32 Å². The Labute approximate surface area is 107 Å². The molecule has 1 saturated carbocycles. The van der Waals surface area contributed by atoms with Crippen LogP contribution in [0.4, 0.5) is 0 Å². The molecule has 0 aliphatic heterocycles. The maximum Gasteiger partial charge on any atom is 0.251 e. The third kappa shape index (κ3) is 3.01. The molecule has 0 radical (unpaired) electrons. The second kappa shape index (κ2) is 5.40. The first kappa shape index (κ1) is 12.9. The highest BCUT2D eigenvalue weighted by Gasteiger charge is 2.22. The van der Waals surface area contributed by atoms with E-state index >= 15 is 0 Å². The van der Waals surface area contributed by atoms with Crippen molar-refractivity contribution < 1.29 is 9.90 Å². The Morgan fingerprint density at radius 3 is 2.89 bits per heavy atom. The van der Waals surface area contributed by atoms with Crippen molar-refractivity contribution in [3.8, 4) is 5.75 Å². The minimum Gasteiger partial charge on any atom is -0.508 e. The zero-order valence-corrected chi connectivity index (χ0v) is 10.6. The molecule has 4 nitrogen and oxygen atoms in total. The van der Waals surface area contributed by atoms with Gasteiger partial charge in [-0.3, -0.25) is 4.79 Å². The van der Waals surface area contributed by atoms with Crippen LogP contribution in [0.3, 0.4) is 0 Å². The molecule has 0 aromatic heterocycles. The standard InChI is InChI=1S/C14H20N2O2/c1-9-2-4-11(7-13(9)17)14(18)16-8-10-3-5-12(15)6-10/h2,4,7,10,12,17H,3,5-6,8,15H2,1H3,(H,16,18). The van der Waals surface area contributed by atoms with E-state index in [0.29, 0.717) is 18.0 Å². The van der Waals surface area contributed by atoms with E-state index in [4.69, 9.17) is 5.73 Å². The van der Waals surface area contributed by atoms with E-state index in [9.17, 15) is 9.90 Å². The van der Waals surface area contributed by atoms with Crippen LogP contribution in [-0.4, -0.2) is 23.6 Å². The highest BCUT2D eigenvalue weighted by Crippen LogP contribution is 2.23. The van der Waals surface area contributed by atoms with Gasteiger partial charge in [0.25, 0.3) is 5.91 Å². The Balaban J connectivity index is 1.89. The van der Waals surface area contributed by atoms with Gasteiger partial charge in [0.1, 0.15) is 5.75 Å². The topological polar surface area (TPSA) is 75.4 Å². The Bertz CT molecular complexity index is 445. The predicted octanol–water partition coefficient (Wildman–Crippen LogP) is 1.56. The van der Waals surface area contributed by atoms with Crippen molar-refractivity contribution in [2.45, 2.75) is 32.2 Å². The van der Waals surface area contributed by atoms with Crippen molar-refractivity contribution in [3.05, 3.63) is 29.3 Å². The SMILES string of the molecule is Cc1ccc(C(=O)NCC2CCC(N)C2)cc1O. The van der Waals surface area contributed by atoms with Crippen LogP contribution in [0.2, 0.25) is 0 Å². The van der Waals surface area contributed by atoms with E-state index in [-0.39, 0.29) is 17.7 Å². The number of benzene rings is 1. The summed E-state index contributed by atoms with van der Waals surface area (Å²) in [6.45, 7) is 2.47. The Kier molecular flexibility index (Phi) is 3.87. The normalized spacial score (nSPS) is 23.0. The summed E-state index contributed by atoms with van der Waals surface area (Å²) in [6.07, 6.45) is 3.12. The summed E-state index contributed by atoms with van der Waals surface area (Å²) in [5, 5.41) is 12.5. The van der Waals surface area contributed by atoms with Crippen LogP contribution in [-0.2, 0) is 0 Å². The maximum atomic E-state index is 11.9. The molecular weight excluding hydrogens is 228 g/mol. The average molecular weight is 248 g/mol. The van der Waals surface area contributed by atoms with Gasteiger partial charge in [0, 0.05) is 18.2 Å². The summed E-state index contributed by atoms with van der Waals surface area (Å²) in [5.74, 6) is 0.513. The minimum absolute atomic E-state index is 0.134. The number of carbonyl (C=O) groups is 1. The third-order valence-corrected chi connectivity index (χ3v) is 3.60. The fourth-order valence-electron chi connectivity index (χ4n) is 2.39. The molecule has 1 aromatic rings. The van der Waals surface area contributed by atoms with Crippen LogP contribution in [0.15, 0.2) is 18.2 Å². The lowest BCUT2D eigenvalue weighted by Gasteiger charge is -2.11. The molecule has 2 rings (SSSR count). The molecule has 1 fully saturated rings. The van der Waals surface area contributed by atoms with E-state index in [1.807, 2.05) is 0 Å². The summed E-state index contributed by atoms with van der Waals surface area (Å²) < 4.78 is 0. The number of amides is 1. The first-order chi connectivity index (χ1) is 8.56. The zero-order valence-electron chi connectivity index (χ0n) is 10.6. The molecule has 1 amide bonds. The van der Waals surface area contributed by atoms with Crippen LogP contribution in [0.25, 0.3) is 0 Å². The van der Waals surface area contributed by atoms with Gasteiger partial charge in [0.2, 0.25) is 0 Å². The van der Waals surface area contributed by atoms with Crippen molar-refractivity contribution in [2.75, 3.05) is 6.54 Å². The van der Waals surface area contributed by atoms with Gasteiger partial charge in [-0.1, -0.05) is 6.07 Å². The largest absolute Gasteiger partial charge is 0.508 e. The molecule has 0 saturated heterocycles. The summed E-state index contributed by atoms with van der Waals surface area (Å²) in [6, 6.07) is 5.27. The number of hydrogen-bond acceptors (Lipinski definition) is 3. The van der Waals surface area contributed by atoms with E-state index in [1.165, 1.54) is 6.07 Å². The monoisotopic (exact) mass is 248 g/mol. The quantitative estimate of drug-likeness (QED) is 0.759. The molecule has 0 spiro atoms. The molecule has 0 bridgehead atoms. The van der Waals surface area contributed by atoms with Crippen LogP contribution in [0.5, 0.6) is 5.75 Å². The van der Waals surface area contributed by atoms with Crippen molar-refractivity contribution in [2.24, 2.45) is 11.7 Å². The lowest BCUT2D eigenvalue weighted by Crippen LogP contribution is -2.29. The smallest absolute Gasteiger partial charge is 0.251 e. The predicted molar refractivity (Wildman–Crippen MR) is 70.5 cm³/mol. The summed E-state index contributed by atoms with van der Waals surface area (Å²) >= 11 is 0. The van der Waals surface area contributed by atoms with Gasteiger partial charge in [0.05, 0.1) is 0 Å². The molecule has 1 aliphatic rings. The van der Waals surface area contributed by atoms with Crippen LogP contribution in [0.1, 0.15) is 35.2 Å². The van der Waals surface area contributed by atoms with E-state index in [1.54, 1.807) is 19.1 Å². The number of hydrogen-bond donors (Lipinski definition) is 3. The Hall–Kier alpha value is -1.55. The van der Waals surface area contributed by atoms with E-state index in [0.717, 1.165) is 24.8 Å². The van der Waals surface area contributed by atoms with Gasteiger partial charge < -0.3 is 16.2 Å². The third-order valence-electron chi connectivity index (χ3n) is 3.60. The second-order valence-electron chi connectivity index (χ2n) is 5.15. The number of aryl methyl sites for hydroxylation is 1. The minimum atomic E-state index is -0.134. The molecule has 2 unspecified atom stereocenters. The van der Waals surface area contributed by atoms with Gasteiger partial charge in [-0.25, -0.2) is 0 Å². The molecule has 18 heavy (non-hydrogen) atoms. The van der Waals surface area contributed by atoms with Gasteiger partial charge in [0.15, 0.2) is 0 Å². The average Bonchev–Trinajstić information content (AvgIpc) is 2.75. The molecular formula is C14H20N2O2. The van der Waals surface area contributed by atoms with Crippen LogP contribution in [0, 0.1) is 12.8 Å². The maximum absolute atomic E-state index is 11.9. The molecule has 2 atom stereocenters. The molecule has 98 valence electrons. The number of phenolic OH excluding ortho intramolecular Hbond substituents is 1. The fraction of sp³-hybridized carbons (Fsp3) is 0.500. The number of rotatable bonds is 3. The molecule has 4 N–H and O–H groups in total. The van der Waals surface area contributed by atoms with Crippen molar-refractivity contribution >= 4 is 5.91 Å². The molecule has 0 heterocycles. The first-order valence-electron chi connectivity index (χ1n) is 6.39. The van der Waals surface area contributed by atoms with Gasteiger partial charge >= 0.3 is 0 Å². The fourth-order valence-corrected chi connectivity index (χ4v) is 2.39. The van der Waals surface area contributed by atoms with Crippen molar-refractivity contribution in [1.29, 1.82) is 0 Å². The summed E-state index contributed by atoms with van der Waals surface area (Å²) in [7, 11) is 0. The lowest BCUT2D eigenvalue weighted by molar-refractivity contribution is 0.0947. The number of phenols is 1. The zero-order chi connectivity index (χ0) is 13.1. The first-order valence-corrected chi connectivity index (χ1v) is 6.39. The van der Waals surface area contributed by atoms with Crippen LogP contribution >= 0.6 is 0 Å². The van der Waals surface area contributed by atoms with Gasteiger partial charge in [-0.05, 0) is 49.8 Å². The Morgan fingerprint density at radius 2 is 2.28 bits per heavy atom. The van der Waals surface area contributed by atoms with Crippen LogP contribution < -0.4 is 11.1 Å². The highest BCUT2D eigenvalue weighted by atomic mass is 16.3.